The van der Waals surface area contributed by atoms with E-state index in [1.807, 2.05) is 19.1 Å². The lowest BCUT2D eigenvalue weighted by molar-refractivity contribution is -0.136. The topological polar surface area (TPSA) is 94.1 Å². The van der Waals surface area contributed by atoms with Gasteiger partial charge in [0.25, 0.3) is 10.0 Å². The molecule has 8 heteroatoms. The van der Waals surface area contributed by atoms with Crippen LogP contribution in [0.3, 0.4) is 0 Å². The number of nitrogens with zero attached hydrogens (tertiary/aromatic N) is 1. The van der Waals surface area contributed by atoms with Crippen molar-refractivity contribution in [2.24, 2.45) is 4.40 Å². The number of ether oxygens (including phenoxy) is 2. The molecule has 4 rings (SSSR count). The highest BCUT2D eigenvalue weighted by molar-refractivity contribution is 7.90. The maximum Gasteiger partial charge on any atom is 0.349 e. The number of amidine groups is 1. The van der Waals surface area contributed by atoms with Gasteiger partial charge >= 0.3 is 5.97 Å². The number of rotatable bonds is 5. The number of aryl methyl sites for hydroxylation is 1. The maximum absolute atomic E-state index is 12.2. The van der Waals surface area contributed by atoms with Gasteiger partial charge in [0.05, 0.1) is 0 Å². The van der Waals surface area contributed by atoms with E-state index >= 15 is 0 Å². The Hall–Kier alpha value is -3.65. The van der Waals surface area contributed by atoms with Crippen molar-refractivity contribution in [3.63, 3.8) is 0 Å². The SMILES string of the molecule is Cc1ccc(OCC(=O)Oc2cccc(NC3=NS(=O)(=O)c4ccccc43)c2)cc1. The molecule has 0 unspecified atom stereocenters. The fraction of sp³-hybridized carbons (Fsp3) is 0.0909. The van der Waals surface area contributed by atoms with E-state index in [1.54, 1.807) is 54.6 Å². The third kappa shape index (κ3) is 4.33. The molecule has 0 radical (unpaired) electrons. The Kier molecular flexibility index (Phi) is 5.24. The molecule has 152 valence electrons. The van der Waals surface area contributed by atoms with E-state index in [1.165, 1.54) is 6.07 Å². The zero-order valence-electron chi connectivity index (χ0n) is 16.0. The minimum Gasteiger partial charge on any atom is -0.482 e. The Labute approximate surface area is 174 Å². The van der Waals surface area contributed by atoms with Crippen molar-refractivity contribution in [3.05, 3.63) is 83.9 Å². The minimum atomic E-state index is -3.72. The molecular formula is C22H18N2O5S. The van der Waals surface area contributed by atoms with Crippen LogP contribution in [0, 0.1) is 6.92 Å². The highest BCUT2D eigenvalue weighted by Gasteiger charge is 2.28. The van der Waals surface area contributed by atoms with Crippen molar-refractivity contribution in [1.82, 2.24) is 0 Å². The molecule has 0 spiro atoms. The number of carbonyl (C=O) groups is 1. The number of fused-ring (bicyclic) bond motifs is 1. The van der Waals surface area contributed by atoms with Crippen LogP contribution in [0.15, 0.2) is 82.1 Å². The predicted molar refractivity (Wildman–Crippen MR) is 113 cm³/mol. The van der Waals surface area contributed by atoms with Crippen LogP contribution >= 0.6 is 0 Å². The van der Waals surface area contributed by atoms with Crippen LogP contribution < -0.4 is 14.8 Å². The number of sulfonamides is 1. The Balaban J connectivity index is 1.42. The van der Waals surface area contributed by atoms with Crippen molar-refractivity contribution >= 4 is 27.5 Å². The maximum atomic E-state index is 12.2. The van der Waals surface area contributed by atoms with E-state index in [2.05, 4.69) is 9.71 Å². The summed E-state index contributed by atoms with van der Waals surface area (Å²) in [6.07, 6.45) is 0. The zero-order valence-corrected chi connectivity index (χ0v) is 16.8. The minimum absolute atomic E-state index is 0.156. The van der Waals surface area contributed by atoms with Crippen LogP contribution in [-0.4, -0.2) is 26.8 Å². The number of nitrogens with one attached hydrogen (secondary N) is 1. The fourth-order valence-electron chi connectivity index (χ4n) is 2.91. The van der Waals surface area contributed by atoms with Crippen LogP contribution in [0.1, 0.15) is 11.1 Å². The molecular weight excluding hydrogens is 404 g/mol. The Morgan fingerprint density at radius 1 is 0.967 bits per heavy atom. The number of esters is 1. The first-order chi connectivity index (χ1) is 14.4. The van der Waals surface area contributed by atoms with Gasteiger partial charge in [0, 0.05) is 17.3 Å². The summed E-state index contributed by atoms with van der Waals surface area (Å²) in [5, 5.41) is 2.98. The Morgan fingerprint density at radius 3 is 2.53 bits per heavy atom. The van der Waals surface area contributed by atoms with E-state index in [0.29, 0.717) is 22.7 Å². The molecule has 1 aliphatic rings. The molecule has 1 N–H and O–H groups in total. The van der Waals surface area contributed by atoms with Gasteiger partial charge in [-0.2, -0.15) is 8.42 Å². The van der Waals surface area contributed by atoms with E-state index in [0.717, 1.165) is 5.56 Å². The second kappa shape index (κ2) is 8.00. The normalized spacial score (nSPS) is 13.8. The predicted octanol–water partition coefficient (Wildman–Crippen LogP) is 3.54. The van der Waals surface area contributed by atoms with Gasteiger partial charge in [-0.1, -0.05) is 35.9 Å². The van der Waals surface area contributed by atoms with Gasteiger partial charge in [0.2, 0.25) is 0 Å². The number of hydrogen-bond acceptors (Lipinski definition) is 6. The van der Waals surface area contributed by atoms with Crippen LogP contribution in [0.25, 0.3) is 0 Å². The first kappa shape index (κ1) is 19.7. The zero-order chi connectivity index (χ0) is 21.1. The first-order valence-corrected chi connectivity index (χ1v) is 10.6. The summed E-state index contributed by atoms with van der Waals surface area (Å²) in [5.41, 5.74) is 2.12. The number of hydrogen-bond donors (Lipinski definition) is 1. The van der Waals surface area contributed by atoms with Crippen molar-refractivity contribution in [2.45, 2.75) is 11.8 Å². The van der Waals surface area contributed by atoms with Gasteiger partial charge in [-0.05, 0) is 43.3 Å². The molecule has 0 fully saturated rings. The summed E-state index contributed by atoms with van der Waals surface area (Å²) in [6.45, 7) is 1.73. The second-order valence-corrected chi connectivity index (χ2v) is 8.21. The quantitative estimate of drug-likeness (QED) is 0.499. The average molecular weight is 422 g/mol. The lowest BCUT2D eigenvalue weighted by atomic mass is 10.2. The second-order valence-electron chi connectivity index (χ2n) is 6.64. The smallest absolute Gasteiger partial charge is 0.349 e. The summed E-state index contributed by atoms with van der Waals surface area (Å²) in [6, 6.07) is 20.5. The van der Waals surface area contributed by atoms with Crippen molar-refractivity contribution in [2.75, 3.05) is 11.9 Å². The first-order valence-electron chi connectivity index (χ1n) is 9.12. The van der Waals surface area contributed by atoms with Crippen molar-refractivity contribution in [1.29, 1.82) is 0 Å². The Bertz CT molecular complexity index is 1230. The highest BCUT2D eigenvalue weighted by atomic mass is 32.2. The number of benzene rings is 3. The molecule has 0 amide bonds. The van der Waals surface area contributed by atoms with Gasteiger partial charge in [0.1, 0.15) is 16.4 Å². The van der Waals surface area contributed by atoms with Crippen LogP contribution in [0.5, 0.6) is 11.5 Å². The van der Waals surface area contributed by atoms with E-state index in [9.17, 15) is 13.2 Å². The van der Waals surface area contributed by atoms with Crippen LogP contribution in [0.4, 0.5) is 5.69 Å². The lowest BCUT2D eigenvalue weighted by Crippen LogP contribution is -2.18. The van der Waals surface area contributed by atoms with Gasteiger partial charge in [0.15, 0.2) is 12.4 Å². The summed E-state index contributed by atoms with van der Waals surface area (Å²) < 4.78 is 38.9. The fourth-order valence-corrected chi connectivity index (χ4v) is 4.08. The van der Waals surface area contributed by atoms with E-state index < -0.39 is 16.0 Å². The molecule has 30 heavy (non-hydrogen) atoms. The summed E-state index contributed by atoms with van der Waals surface area (Å²) in [5.74, 6) is 0.537. The van der Waals surface area contributed by atoms with Gasteiger partial charge < -0.3 is 14.8 Å². The van der Waals surface area contributed by atoms with Crippen LogP contribution in [-0.2, 0) is 14.8 Å². The van der Waals surface area contributed by atoms with Crippen molar-refractivity contribution in [3.8, 4) is 11.5 Å². The third-order valence-electron chi connectivity index (χ3n) is 4.34. The van der Waals surface area contributed by atoms with Gasteiger partial charge in [-0.15, -0.1) is 4.40 Å². The van der Waals surface area contributed by atoms with Gasteiger partial charge in [-0.25, -0.2) is 4.79 Å². The number of anilines is 1. The van der Waals surface area contributed by atoms with Crippen molar-refractivity contribution < 1.29 is 22.7 Å². The van der Waals surface area contributed by atoms with Gasteiger partial charge in [-0.3, -0.25) is 0 Å². The molecule has 0 aromatic heterocycles. The number of carbonyl (C=O) groups excluding carboxylic acids is 1. The molecule has 0 bridgehead atoms. The molecule has 3 aromatic carbocycles. The third-order valence-corrected chi connectivity index (χ3v) is 5.67. The lowest BCUT2D eigenvalue weighted by Gasteiger charge is -2.10. The summed E-state index contributed by atoms with van der Waals surface area (Å²) in [4.78, 5) is 12.2. The molecule has 0 saturated carbocycles. The largest absolute Gasteiger partial charge is 0.482 e. The summed E-state index contributed by atoms with van der Waals surface area (Å²) in [7, 11) is -3.72. The molecule has 3 aromatic rings. The van der Waals surface area contributed by atoms with Crippen LogP contribution in [0.2, 0.25) is 0 Å². The van der Waals surface area contributed by atoms with E-state index in [4.69, 9.17) is 9.47 Å². The molecule has 1 aliphatic heterocycles. The molecule has 1 heterocycles. The van der Waals surface area contributed by atoms with E-state index in [-0.39, 0.29) is 17.3 Å². The molecule has 0 saturated heterocycles. The average Bonchev–Trinajstić information content (AvgIpc) is 2.98. The molecule has 0 atom stereocenters. The highest BCUT2D eigenvalue weighted by Crippen LogP contribution is 2.27. The standard InChI is InChI=1S/C22H18N2O5S/c1-15-9-11-17(12-10-15)28-14-21(25)29-18-6-4-5-16(13-18)23-22-19-7-2-3-8-20(19)30(26,27)24-22/h2-13H,14H2,1H3,(H,23,24). The molecule has 0 aliphatic carbocycles. The Morgan fingerprint density at radius 2 is 1.73 bits per heavy atom. The monoisotopic (exact) mass is 422 g/mol. The molecule has 7 nitrogen and oxygen atoms in total. The summed E-state index contributed by atoms with van der Waals surface area (Å²) >= 11 is 0.